The Morgan fingerprint density at radius 1 is 1.25 bits per heavy atom. The summed E-state index contributed by atoms with van der Waals surface area (Å²) >= 11 is 0. The largest absolute Gasteiger partial charge is 0.197 e. The lowest BCUT2D eigenvalue weighted by molar-refractivity contribution is 0.722. The van der Waals surface area contributed by atoms with E-state index in [1.165, 1.54) is 0 Å². The van der Waals surface area contributed by atoms with Crippen LogP contribution < -0.4 is 0 Å². The Morgan fingerprint density at radius 2 is 1.75 bits per heavy atom. The average molecular weight is 106 g/mol. The zero-order chi connectivity index (χ0) is 5.98. The Kier molecular flexibility index (Phi) is 1.18. The van der Waals surface area contributed by atoms with Crippen molar-refractivity contribution in [3.8, 4) is 12.1 Å². The highest BCUT2D eigenvalue weighted by Gasteiger charge is 2.30. The number of hydrogen-bond acceptors (Lipinski definition) is 2. The molecule has 1 fully saturated rings. The third-order valence-electron chi connectivity index (χ3n) is 1.37. The molecule has 0 radical (unpaired) electrons. The fourth-order valence-electron chi connectivity index (χ4n) is 0.669. The molecule has 0 heterocycles. The topological polar surface area (TPSA) is 47.6 Å². The smallest absolute Gasteiger partial charge is 0.136 e. The Hall–Kier alpha value is -1.02. The monoisotopic (exact) mass is 106 g/mol. The maximum Gasteiger partial charge on any atom is 0.136 e. The second kappa shape index (κ2) is 1.84. The minimum absolute atomic E-state index is 0.324. The fraction of sp³-hybridized carbons (Fsp3) is 0.667. The van der Waals surface area contributed by atoms with E-state index >= 15 is 0 Å². The molecule has 0 aromatic carbocycles. The molecular weight excluding hydrogens is 100 g/mol. The van der Waals surface area contributed by atoms with Crippen LogP contribution in [0.3, 0.4) is 0 Å². The van der Waals surface area contributed by atoms with Gasteiger partial charge >= 0.3 is 0 Å². The lowest BCUT2D eigenvalue weighted by atomic mass is 10.1. The van der Waals surface area contributed by atoms with Gasteiger partial charge in [0.2, 0.25) is 0 Å². The van der Waals surface area contributed by atoms with Crippen molar-refractivity contribution in [2.75, 3.05) is 0 Å². The van der Waals surface area contributed by atoms with Crippen molar-refractivity contribution in [2.45, 2.75) is 12.8 Å². The molecule has 0 spiro atoms. The van der Waals surface area contributed by atoms with Crippen LogP contribution >= 0.6 is 0 Å². The highest BCUT2D eigenvalue weighted by molar-refractivity contribution is 5.06. The second-order valence-electron chi connectivity index (χ2n) is 2.07. The summed E-state index contributed by atoms with van der Waals surface area (Å²) in [7, 11) is 0. The van der Waals surface area contributed by atoms with Crippen molar-refractivity contribution >= 4 is 0 Å². The minimum Gasteiger partial charge on any atom is -0.197 e. The van der Waals surface area contributed by atoms with Gasteiger partial charge in [0.05, 0.1) is 12.1 Å². The van der Waals surface area contributed by atoms with Crippen molar-refractivity contribution in [3.63, 3.8) is 0 Å². The molecule has 1 aliphatic rings. The molecule has 1 rings (SSSR count). The van der Waals surface area contributed by atoms with Gasteiger partial charge in [0.1, 0.15) is 5.92 Å². The molecule has 0 atom stereocenters. The quantitative estimate of drug-likeness (QED) is 0.501. The average Bonchev–Trinajstić information content (AvgIpc) is 2.53. The number of hydrogen-bond donors (Lipinski definition) is 0. The predicted molar refractivity (Wildman–Crippen MR) is 27.4 cm³/mol. The molecule has 0 saturated heterocycles. The van der Waals surface area contributed by atoms with E-state index < -0.39 is 0 Å². The van der Waals surface area contributed by atoms with Crippen LogP contribution in [0.2, 0.25) is 0 Å². The van der Waals surface area contributed by atoms with Crippen molar-refractivity contribution in [3.05, 3.63) is 0 Å². The van der Waals surface area contributed by atoms with Crippen LogP contribution in [-0.4, -0.2) is 0 Å². The summed E-state index contributed by atoms with van der Waals surface area (Å²) in [6.07, 6.45) is 2.15. The van der Waals surface area contributed by atoms with Gasteiger partial charge in [0.25, 0.3) is 0 Å². The first kappa shape index (κ1) is 5.12. The molecule has 0 aliphatic heterocycles. The van der Waals surface area contributed by atoms with Crippen LogP contribution in [0.25, 0.3) is 0 Å². The van der Waals surface area contributed by atoms with E-state index in [9.17, 15) is 0 Å². The highest BCUT2D eigenvalue weighted by atomic mass is 14.4. The van der Waals surface area contributed by atoms with E-state index in [1.54, 1.807) is 0 Å². The van der Waals surface area contributed by atoms with Gasteiger partial charge in [-0.1, -0.05) is 0 Å². The zero-order valence-electron chi connectivity index (χ0n) is 4.46. The van der Waals surface area contributed by atoms with Crippen molar-refractivity contribution in [1.29, 1.82) is 10.5 Å². The van der Waals surface area contributed by atoms with E-state index in [2.05, 4.69) is 0 Å². The van der Waals surface area contributed by atoms with Crippen LogP contribution in [-0.2, 0) is 0 Å². The fourth-order valence-corrected chi connectivity index (χ4v) is 0.669. The van der Waals surface area contributed by atoms with Gasteiger partial charge < -0.3 is 0 Å². The number of nitrogens with zero attached hydrogens (tertiary/aromatic N) is 2. The van der Waals surface area contributed by atoms with Crippen LogP contribution in [0.5, 0.6) is 0 Å². The SMILES string of the molecule is N#CC(C#N)C1CC1. The molecule has 2 heteroatoms. The van der Waals surface area contributed by atoms with E-state index in [0.717, 1.165) is 12.8 Å². The maximum absolute atomic E-state index is 8.26. The summed E-state index contributed by atoms with van der Waals surface area (Å²) in [6, 6.07) is 3.91. The van der Waals surface area contributed by atoms with Gasteiger partial charge in [-0.3, -0.25) is 0 Å². The third kappa shape index (κ3) is 0.792. The minimum atomic E-state index is -0.324. The first-order chi connectivity index (χ1) is 3.88. The Labute approximate surface area is 48.3 Å². The van der Waals surface area contributed by atoms with E-state index in [1.807, 2.05) is 12.1 Å². The van der Waals surface area contributed by atoms with Gasteiger partial charge in [-0.25, -0.2) is 0 Å². The van der Waals surface area contributed by atoms with Crippen LogP contribution in [0.1, 0.15) is 12.8 Å². The summed E-state index contributed by atoms with van der Waals surface area (Å²) in [5.74, 6) is 0.0833. The summed E-state index contributed by atoms with van der Waals surface area (Å²) in [6.45, 7) is 0. The number of rotatable bonds is 1. The Balaban J connectivity index is 2.43. The van der Waals surface area contributed by atoms with E-state index in [4.69, 9.17) is 10.5 Å². The summed E-state index contributed by atoms with van der Waals surface area (Å²) in [4.78, 5) is 0. The Bertz CT molecular complexity index is 142. The van der Waals surface area contributed by atoms with Crippen LogP contribution in [0.15, 0.2) is 0 Å². The van der Waals surface area contributed by atoms with Crippen LogP contribution in [0, 0.1) is 34.5 Å². The van der Waals surface area contributed by atoms with Gasteiger partial charge in [0.15, 0.2) is 0 Å². The first-order valence-corrected chi connectivity index (χ1v) is 2.67. The molecule has 0 aromatic rings. The summed E-state index contributed by atoms with van der Waals surface area (Å²) < 4.78 is 0. The lowest BCUT2D eigenvalue weighted by Crippen LogP contribution is -1.92. The molecule has 0 bridgehead atoms. The van der Waals surface area contributed by atoms with Crippen molar-refractivity contribution in [1.82, 2.24) is 0 Å². The predicted octanol–water partition coefficient (Wildman–Crippen LogP) is 1.06. The molecule has 2 nitrogen and oxygen atoms in total. The summed E-state index contributed by atoms with van der Waals surface area (Å²) in [5.41, 5.74) is 0. The van der Waals surface area contributed by atoms with Crippen LogP contribution in [0.4, 0.5) is 0 Å². The third-order valence-corrected chi connectivity index (χ3v) is 1.37. The molecule has 0 amide bonds. The van der Waals surface area contributed by atoms with Crippen molar-refractivity contribution in [2.24, 2.45) is 11.8 Å². The van der Waals surface area contributed by atoms with Gasteiger partial charge in [-0.05, 0) is 18.8 Å². The van der Waals surface area contributed by atoms with Crippen molar-refractivity contribution < 1.29 is 0 Å². The standard InChI is InChI=1S/C6H6N2/c7-3-6(4-8)5-1-2-5/h5-6H,1-2H2. The molecule has 0 aromatic heterocycles. The molecule has 0 N–H and O–H groups in total. The molecular formula is C6H6N2. The van der Waals surface area contributed by atoms with Gasteiger partial charge in [0, 0.05) is 0 Å². The molecule has 0 unspecified atom stereocenters. The lowest BCUT2D eigenvalue weighted by Gasteiger charge is -1.87. The Morgan fingerprint density at radius 3 is 1.88 bits per heavy atom. The highest BCUT2D eigenvalue weighted by Crippen LogP contribution is 2.35. The molecule has 8 heavy (non-hydrogen) atoms. The maximum atomic E-state index is 8.26. The second-order valence-corrected chi connectivity index (χ2v) is 2.07. The number of nitriles is 2. The zero-order valence-corrected chi connectivity index (χ0v) is 4.46. The first-order valence-electron chi connectivity index (χ1n) is 2.67. The molecule has 1 saturated carbocycles. The van der Waals surface area contributed by atoms with E-state index in [-0.39, 0.29) is 5.92 Å². The normalized spacial score (nSPS) is 17.4. The van der Waals surface area contributed by atoms with E-state index in [0.29, 0.717) is 5.92 Å². The van der Waals surface area contributed by atoms with Gasteiger partial charge in [-0.15, -0.1) is 0 Å². The summed E-state index contributed by atoms with van der Waals surface area (Å²) in [5, 5.41) is 16.5. The molecule has 1 aliphatic carbocycles. The van der Waals surface area contributed by atoms with Gasteiger partial charge in [-0.2, -0.15) is 10.5 Å². The molecule has 40 valence electrons.